The van der Waals surface area contributed by atoms with Crippen LogP contribution in [0.4, 0.5) is 5.69 Å². The smallest absolute Gasteiger partial charge is 0.243 e. The number of carbonyl (C=O) groups excluding carboxylic acids is 1. The van der Waals surface area contributed by atoms with E-state index in [4.69, 9.17) is 4.74 Å². The van der Waals surface area contributed by atoms with E-state index < -0.39 is 31.9 Å². The fourth-order valence-corrected chi connectivity index (χ4v) is 8.29. The van der Waals surface area contributed by atoms with Crippen LogP contribution in [0.15, 0.2) is 83.8 Å². The van der Waals surface area contributed by atoms with Gasteiger partial charge in [-0.05, 0) is 29.3 Å². The number of methoxy groups -OCH3 is 1. The zero-order valence-corrected chi connectivity index (χ0v) is 22.8. The lowest BCUT2D eigenvalue weighted by Gasteiger charge is -2.32. The third kappa shape index (κ3) is 6.60. The Hall–Kier alpha value is -3.25. The van der Waals surface area contributed by atoms with Crippen LogP contribution in [0.25, 0.3) is 0 Å². The molecule has 0 unspecified atom stereocenters. The van der Waals surface area contributed by atoms with Gasteiger partial charge in [0.15, 0.2) is 9.84 Å². The highest BCUT2D eigenvalue weighted by atomic mass is 32.2. The molecular formula is C27H31N3O6S2. The molecular weight excluding hydrogens is 526 g/mol. The first-order chi connectivity index (χ1) is 18.1. The summed E-state index contributed by atoms with van der Waals surface area (Å²) in [6, 6.07) is 21.3. The molecule has 2 N–H and O–H groups in total. The van der Waals surface area contributed by atoms with Crippen LogP contribution in [-0.2, 0) is 37.7 Å². The second-order valence-corrected chi connectivity index (χ2v) is 13.2. The van der Waals surface area contributed by atoms with Crippen LogP contribution in [0.5, 0.6) is 5.75 Å². The van der Waals surface area contributed by atoms with Gasteiger partial charge in [0.05, 0.1) is 35.2 Å². The Morgan fingerprint density at radius 2 is 1.61 bits per heavy atom. The standard InChI is InChI=1S/C27H31N3O6S2/c1-20(31)29-24-15-23(13-14-27(24)36-2)38(34,35)30(17-22-11-7-4-8-12-22)26-19-37(32,33)18-25(26)28-16-21-9-5-3-6-10-21/h3-15,25-26,28H,16-19H2,1-2H3,(H,29,31)/t25-,26+/m0/s1. The summed E-state index contributed by atoms with van der Waals surface area (Å²) in [6.07, 6.45) is 0. The molecule has 0 saturated carbocycles. The van der Waals surface area contributed by atoms with E-state index in [0.717, 1.165) is 11.1 Å². The molecule has 0 aromatic heterocycles. The molecule has 0 radical (unpaired) electrons. The van der Waals surface area contributed by atoms with Crippen LogP contribution in [0.1, 0.15) is 18.1 Å². The fraction of sp³-hybridized carbons (Fsp3) is 0.296. The van der Waals surface area contributed by atoms with Gasteiger partial charge in [-0.2, -0.15) is 4.31 Å². The van der Waals surface area contributed by atoms with Gasteiger partial charge >= 0.3 is 0 Å². The van der Waals surface area contributed by atoms with Crippen molar-refractivity contribution < 1.29 is 26.4 Å². The van der Waals surface area contributed by atoms with Crippen molar-refractivity contribution in [2.75, 3.05) is 23.9 Å². The van der Waals surface area contributed by atoms with Crippen molar-refractivity contribution in [3.8, 4) is 5.75 Å². The lowest BCUT2D eigenvalue weighted by atomic mass is 10.1. The third-order valence-electron chi connectivity index (χ3n) is 6.37. The zero-order chi connectivity index (χ0) is 27.3. The Bertz CT molecular complexity index is 1480. The van der Waals surface area contributed by atoms with Crippen LogP contribution in [0, 0.1) is 0 Å². The number of carbonyl (C=O) groups is 1. The predicted molar refractivity (Wildman–Crippen MR) is 146 cm³/mol. The van der Waals surface area contributed by atoms with E-state index in [1.54, 1.807) is 24.3 Å². The van der Waals surface area contributed by atoms with Crippen LogP contribution >= 0.6 is 0 Å². The van der Waals surface area contributed by atoms with Crippen molar-refractivity contribution in [1.29, 1.82) is 0 Å². The van der Waals surface area contributed by atoms with E-state index in [1.807, 2.05) is 36.4 Å². The van der Waals surface area contributed by atoms with Crippen molar-refractivity contribution in [3.63, 3.8) is 0 Å². The normalized spacial score (nSPS) is 18.8. The van der Waals surface area contributed by atoms with Gasteiger partial charge < -0.3 is 15.4 Å². The number of amides is 1. The topological polar surface area (TPSA) is 122 Å². The molecule has 3 aromatic rings. The maximum atomic E-state index is 14.1. The maximum Gasteiger partial charge on any atom is 0.243 e. The van der Waals surface area contributed by atoms with Crippen molar-refractivity contribution in [2.24, 2.45) is 0 Å². The molecule has 1 saturated heterocycles. The van der Waals surface area contributed by atoms with Gasteiger partial charge in [0.1, 0.15) is 5.75 Å². The summed E-state index contributed by atoms with van der Waals surface area (Å²) < 4.78 is 60.5. The van der Waals surface area contributed by atoms with Gasteiger partial charge in [-0.15, -0.1) is 0 Å². The van der Waals surface area contributed by atoms with E-state index in [0.29, 0.717) is 12.3 Å². The van der Waals surface area contributed by atoms with Gasteiger partial charge in [0.25, 0.3) is 0 Å². The number of hydrogen-bond donors (Lipinski definition) is 2. The van der Waals surface area contributed by atoms with Crippen molar-refractivity contribution >= 4 is 31.5 Å². The number of nitrogens with zero attached hydrogens (tertiary/aromatic N) is 1. The first-order valence-corrected chi connectivity index (χ1v) is 15.3. The van der Waals surface area contributed by atoms with Crippen molar-refractivity contribution in [1.82, 2.24) is 9.62 Å². The van der Waals surface area contributed by atoms with Crippen LogP contribution in [-0.4, -0.2) is 57.7 Å². The molecule has 1 aliphatic heterocycles. The molecule has 9 nitrogen and oxygen atoms in total. The molecule has 2 atom stereocenters. The van der Waals surface area contributed by atoms with E-state index >= 15 is 0 Å². The highest BCUT2D eigenvalue weighted by Crippen LogP contribution is 2.32. The Morgan fingerprint density at radius 3 is 2.21 bits per heavy atom. The molecule has 11 heteroatoms. The molecule has 202 valence electrons. The Labute approximate surface area is 223 Å². The number of rotatable bonds is 10. The third-order valence-corrected chi connectivity index (χ3v) is 9.96. The number of sulfonamides is 1. The maximum absolute atomic E-state index is 14.1. The summed E-state index contributed by atoms with van der Waals surface area (Å²) in [4.78, 5) is 11.6. The molecule has 38 heavy (non-hydrogen) atoms. The van der Waals surface area contributed by atoms with E-state index in [-0.39, 0.29) is 34.5 Å². The van der Waals surface area contributed by atoms with Crippen LogP contribution < -0.4 is 15.4 Å². The second kappa shape index (κ2) is 11.6. The van der Waals surface area contributed by atoms with Gasteiger partial charge in [-0.3, -0.25) is 4.79 Å². The Morgan fingerprint density at radius 1 is 0.974 bits per heavy atom. The van der Waals surface area contributed by atoms with Crippen molar-refractivity contribution in [3.05, 3.63) is 90.0 Å². The number of hydrogen-bond acceptors (Lipinski definition) is 7. The summed E-state index contributed by atoms with van der Waals surface area (Å²) in [5, 5.41) is 5.89. The van der Waals surface area contributed by atoms with Crippen LogP contribution in [0.3, 0.4) is 0 Å². The number of benzene rings is 3. The number of sulfone groups is 1. The summed E-state index contributed by atoms with van der Waals surface area (Å²) >= 11 is 0. The molecule has 1 heterocycles. The highest BCUT2D eigenvalue weighted by Gasteiger charge is 2.45. The summed E-state index contributed by atoms with van der Waals surface area (Å²) in [7, 11) is -6.30. The lowest BCUT2D eigenvalue weighted by molar-refractivity contribution is -0.114. The number of ether oxygens (including phenoxy) is 1. The Kier molecular flexibility index (Phi) is 8.51. The second-order valence-electron chi connectivity index (χ2n) is 9.20. The number of anilines is 1. The zero-order valence-electron chi connectivity index (χ0n) is 21.2. The molecule has 0 aliphatic carbocycles. The molecule has 1 aliphatic rings. The van der Waals surface area contributed by atoms with Gasteiger partial charge in [0.2, 0.25) is 15.9 Å². The summed E-state index contributed by atoms with van der Waals surface area (Å²) in [6.45, 7) is 1.69. The largest absolute Gasteiger partial charge is 0.495 e. The van der Waals surface area contributed by atoms with Gasteiger partial charge in [-0.25, -0.2) is 16.8 Å². The highest BCUT2D eigenvalue weighted by molar-refractivity contribution is 7.92. The van der Waals surface area contributed by atoms with E-state index in [1.165, 1.54) is 36.5 Å². The van der Waals surface area contributed by atoms with Gasteiger partial charge in [0, 0.05) is 26.1 Å². The average molecular weight is 558 g/mol. The Balaban J connectivity index is 1.74. The predicted octanol–water partition coefficient (Wildman–Crippen LogP) is 2.80. The molecule has 0 spiro atoms. The monoisotopic (exact) mass is 557 g/mol. The number of nitrogens with one attached hydrogen (secondary N) is 2. The quantitative estimate of drug-likeness (QED) is 0.393. The molecule has 4 rings (SSSR count). The lowest BCUT2D eigenvalue weighted by Crippen LogP contribution is -2.51. The minimum absolute atomic E-state index is 0.0195. The first-order valence-electron chi connectivity index (χ1n) is 12.1. The fourth-order valence-electron chi connectivity index (χ4n) is 4.57. The average Bonchev–Trinajstić information content (AvgIpc) is 3.20. The minimum atomic E-state index is -4.21. The minimum Gasteiger partial charge on any atom is -0.495 e. The van der Waals surface area contributed by atoms with Crippen molar-refractivity contribution in [2.45, 2.75) is 37.0 Å². The molecule has 1 amide bonds. The van der Waals surface area contributed by atoms with E-state index in [9.17, 15) is 21.6 Å². The van der Waals surface area contributed by atoms with Crippen LogP contribution in [0.2, 0.25) is 0 Å². The van der Waals surface area contributed by atoms with E-state index in [2.05, 4.69) is 10.6 Å². The summed E-state index contributed by atoms with van der Waals surface area (Å²) in [5.74, 6) is -0.559. The molecule has 3 aromatic carbocycles. The summed E-state index contributed by atoms with van der Waals surface area (Å²) in [5.41, 5.74) is 1.89. The molecule has 0 bridgehead atoms. The molecule has 1 fully saturated rings. The first kappa shape index (κ1) is 27.8. The SMILES string of the molecule is COc1ccc(S(=O)(=O)N(Cc2ccccc2)[C@@H]2CS(=O)(=O)C[C@@H]2NCc2ccccc2)cc1NC(C)=O. The van der Waals surface area contributed by atoms with Gasteiger partial charge in [-0.1, -0.05) is 60.7 Å².